The molecule has 3 aliphatic rings. The van der Waals surface area contributed by atoms with E-state index in [0.717, 1.165) is 49.2 Å². The third-order valence-electron chi connectivity index (χ3n) is 7.54. The molecule has 2 aromatic rings. The molecule has 1 aromatic carbocycles. The molecule has 1 atom stereocenters. The number of carbonyl (C=O) groups excluding carboxylic acids is 5. The fourth-order valence-electron chi connectivity index (χ4n) is 5.39. The van der Waals surface area contributed by atoms with Crippen molar-refractivity contribution in [3.63, 3.8) is 0 Å². The van der Waals surface area contributed by atoms with Crippen molar-refractivity contribution in [3.8, 4) is 0 Å². The standard InChI is InChI=1S/C27H32N6O5/c1-2-3-7-23(35)31-12-10-18(11-13-31)32-16-17(15-29-32)14-28-20-6-4-5-19-24(20)27(38)33(26(19)37)21-8-9-22(34)30-25(21)36/h4-6,15-16,18,21,28H,2-3,7-14H2,1H3,(H,30,34,36). The van der Waals surface area contributed by atoms with Gasteiger partial charge >= 0.3 is 0 Å². The van der Waals surface area contributed by atoms with E-state index in [1.165, 1.54) is 0 Å². The fraction of sp³-hybridized carbons (Fsp3) is 0.481. The van der Waals surface area contributed by atoms with Crippen molar-refractivity contribution in [2.24, 2.45) is 0 Å². The minimum atomic E-state index is -1.00. The van der Waals surface area contributed by atoms with Crippen LogP contribution in [0.15, 0.2) is 30.6 Å². The van der Waals surface area contributed by atoms with Crippen LogP contribution in [0.5, 0.6) is 0 Å². The maximum absolute atomic E-state index is 13.3. The lowest BCUT2D eigenvalue weighted by Gasteiger charge is -2.32. The smallest absolute Gasteiger partial charge is 0.264 e. The maximum Gasteiger partial charge on any atom is 0.264 e. The first-order chi connectivity index (χ1) is 18.4. The summed E-state index contributed by atoms with van der Waals surface area (Å²) < 4.78 is 1.94. The summed E-state index contributed by atoms with van der Waals surface area (Å²) in [6, 6.07) is 4.22. The largest absolute Gasteiger partial charge is 0.380 e. The molecule has 0 spiro atoms. The zero-order valence-electron chi connectivity index (χ0n) is 21.4. The summed E-state index contributed by atoms with van der Waals surface area (Å²) in [4.78, 5) is 65.4. The molecule has 2 fully saturated rings. The summed E-state index contributed by atoms with van der Waals surface area (Å²) in [6.45, 7) is 3.94. The highest BCUT2D eigenvalue weighted by Gasteiger charge is 2.45. The quantitative estimate of drug-likeness (QED) is 0.510. The van der Waals surface area contributed by atoms with Gasteiger partial charge in [0.05, 0.1) is 23.4 Å². The highest BCUT2D eigenvalue weighted by Crippen LogP contribution is 2.32. The van der Waals surface area contributed by atoms with Crippen LogP contribution in [0.1, 0.15) is 84.2 Å². The third-order valence-corrected chi connectivity index (χ3v) is 7.54. The number of nitrogens with zero attached hydrogens (tertiary/aromatic N) is 4. The second-order valence-corrected chi connectivity index (χ2v) is 10.1. The number of unbranched alkanes of at least 4 members (excludes halogenated alkanes) is 1. The van der Waals surface area contributed by atoms with Crippen molar-refractivity contribution in [3.05, 3.63) is 47.3 Å². The van der Waals surface area contributed by atoms with Crippen LogP contribution >= 0.6 is 0 Å². The van der Waals surface area contributed by atoms with Crippen molar-refractivity contribution in [2.45, 2.75) is 70.5 Å². The van der Waals surface area contributed by atoms with Crippen LogP contribution < -0.4 is 10.6 Å². The number of anilines is 1. The van der Waals surface area contributed by atoms with Gasteiger partial charge in [0, 0.05) is 49.9 Å². The van der Waals surface area contributed by atoms with E-state index < -0.39 is 29.7 Å². The molecule has 200 valence electrons. The van der Waals surface area contributed by atoms with Crippen molar-refractivity contribution in [1.82, 2.24) is 24.9 Å². The molecule has 4 heterocycles. The van der Waals surface area contributed by atoms with Crippen LogP contribution in [-0.2, 0) is 20.9 Å². The number of carbonyl (C=O) groups is 5. The van der Waals surface area contributed by atoms with E-state index in [1.807, 2.05) is 15.8 Å². The molecule has 0 radical (unpaired) electrons. The van der Waals surface area contributed by atoms with E-state index in [0.29, 0.717) is 18.7 Å². The minimum absolute atomic E-state index is 0.0765. The van der Waals surface area contributed by atoms with Gasteiger partial charge in [-0.25, -0.2) is 0 Å². The Balaban J connectivity index is 1.22. The van der Waals surface area contributed by atoms with Gasteiger partial charge in [-0.05, 0) is 37.8 Å². The second kappa shape index (κ2) is 10.8. The Morgan fingerprint density at radius 1 is 1.11 bits per heavy atom. The van der Waals surface area contributed by atoms with Gasteiger partial charge in [-0.1, -0.05) is 19.4 Å². The highest BCUT2D eigenvalue weighted by atomic mass is 16.2. The summed E-state index contributed by atoms with van der Waals surface area (Å²) >= 11 is 0. The molecule has 3 aliphatic heterocycles. The van der Waals surface area contributed by atoms with E-state index in [1.54, 1.807) is 24.4 Å². The van der Waals surface area contributed by atoms with Crippen molar-refractivity contribution in [1.29, 1.82) is 0 Å². The predicted octanol–water partition coefficient (Wildman–Crippen LogP) is 2.25. The zero-order chi connectivity index (χ0) is 26.8. The highest BCUT2D eigenvalue weighted by molar-refractivity contribution is 6.25. The first-order valence-electron chi connectivity index (χ1n) is 13.3. The monoisotopic (exact) mass is 520 g/mol. The number of nitrogens with one attached hydrogen (secondary N) is 2. The molecule has 11 nitrogen and oxygen atoms in total. The van der Waals surface area contributed by atoms with E-state index in [4.69, 9.17) is 0 Å². The molecule has 0 saturated carbocycles. The molecule has 2 saturated heterocycles. The summed E-state index contributed by atoms with van der Waals surface area (Å²) in [5.41, 5.74) is 1.89. The Morgan fingerprint density at radius 3 is 2.63 bits per heavy atom. The van der Waals surface area contributed by atoms with Gasteiger partial charge < -0.3 is 10.2 Å². The normalized spacial score (nSPS) is 20.1. The van der Waals surface area contributed by atoms with Crippen LogP contribution in [-0.4, -0.2) is 68.2 Å². The number of imide groups is 2. The SMILES string of the molecule is CCCCC(=O)N1CCC(n2cc(CNc3cccc4c3C(=O)N(C3CCC(=O)NC3=O)C4=O)cn2)CC1. The molecular formula is C27H32N6O5. The summed E-state index contributed by atoms with van der Waals surface area (Å²) in [7, 11) is 0. The average Bonchev–Trinajstić information content (AvgIpc) is 3.49. The van der Waals surface area contributed by atoms with Gasteiger partial charge in [0.2, 0.25) is 17.7 Å². The third kappa shape index (κ3) is 4.92. The van der Waals surface area contributed by atoms with Crippen LogP contribution in [0, 0.1) is 0 Å². The zero-order valence-corrected chi connectivity index (χ0v) is 21.4. The van der Waals surface area contributed by atoms with Crippen LogP contribution in [0.2, 0.25) is 0 Å². The van der Waals surface area contributed by atoms with Crippen molar-refractivity contribution < 1.29 is 24.0 Å². The number of piperidine rings is 2. The number of likely N-dealkylation sites (tertiary alicyclic amines) is 1. The van der Waals surface area contributed by atoms with Gasteiger partial charge in [0.1, 0.15) is 6.04 Å². The summed E-state index contributed by atoms with van der Waals surface area (Å²) in [5, 5.41) is 9.99. The predicted molar refractivity (Wildman–Crippen MR) is 137 cm³/mol. The fourth-order valence-corrected chi connectivity index (χ4v) is 5.39. The molecule has 5 amide bonds. The lowest BCUT2D eigenvalue weighted by molar-refractivity contribution is -0.136. The Labute approximate surface area is 220 Å². The van der Waals surface area contributed by atoms with Gasteiger partial charge in [-0.2, -0.15) is 5.10 Å². The van der Waals surface area contributed by atoms with E-state index >= 15 is 0 Å². The van der Waals surface area contributed by atoms with E-state index in [2.05, 4.69) is 22.7 Å². The maximum atomic E-state index is 13.3. The van der Waals surface area contributed by atoms with Crippen molar-refractivity contribution in [2.75, 3.05) is 18.4 Å². The second-order valence-electron chi connectivity index (χ2n) is 10.1. The van der Waals surface area contributed by atoms with Crippen LogP contribution in [0.3, 0.4) is 0 Å². The number of hydrogen-bond acceptors (Lipinski definition) is 7. The molecule has 38 heavy (non-hydrogen) atoms. The summed E-state index contributed by atoms with van der Waals surface area (Å²) in [6.07, 6.45) is 8.19. The van der Waals surface area contributed by atoms with Crippen molar-refractivity contribution >= 4 is 35.2 Å². The molecule has 0 aliphatic carbocycles. The van der Waals surface area contributed by atoms with Crippen LogP contribution in [0.4, 0.5) is 5.69 Å². The van der Waals surface area contributed by atoms with Gasteiger partial charge in [0.25, 0.3) is 11.8 Å². The topological polar surface area (TPSA) is 134 Å². The molecule has 11 heteroatoms. The Bertz CT molecular complexity index is 1280. The molecule has 2 N–H and O–H groups in total. The minimum Gasteiger partial charge on any atom is -0.380 e. The van der Waals surface area contributed by atoms with E-state index in [9.17, 15) is 24.0 Å². The first kappa shape index (κ1) is 25.6. The average molecular weight is 521 g/mol. The Kier molecular flexibility index (Phi) is 7.26. The molecular weight excluding hydrogens is 488 g/mol. The number of hydrogen-bond donors (Lipinski definition) is 2. The van der Waals surface area contributed by atoms with Gasteiger partial charge in [-0.3, -0.25) is 38.9 Å². The number of aromatic nitrogens is 2. The van der Waals surface area contributed by atoms with Gasteiger partial charge in [-0.15, -0.1) is 0 Å². The number of fused-ring (bicyclic) bond motifs is 1. The van der Waals surface area contributed by atoms with E-state index in [-0.39, 0.29) is 35.9 Å². The summed E-state index contributed by atoms with van der Waals surface area (Å²) in [5.74, 6) is -1.88. The number of benzene rings is 1. The molecule has 5 rings (SSSR count). The van der Waals surface area contributed by atoms with Crippen LogP contribution in [0.25, 0.3) is 0 Å². The lowest BCUT2D eigenvalue weighted by Crippen LogP contribution is -2.54. The Hall–Kier alpha value is -4.02. The number of rotatable bonds is 8. The lowest BCUT2D eigenvalue weighted by atomic mass is 10.0. The molecule has 1 unspecified atom stereocenters. The van der Waals surface area contributed by atoms with Gasteiger partial charge in [0.15, 0.2) is 0 Å². The Morgan fingerprint density at radius 2 is 1.89 bits per heavy atom. The molecule has 1 aromatic heterocycles. The number of amides is 5. The first-order valence-corrected chi connectivity index (χ1v) is 13.3. The molecule has 0 bridgehead atoms.